The fourth-order valence-electron chi connectivity index (χ4n) is 0.574. The minimum Gasteiger partial charge on any atom is -0.287 e. The van der Waals surface area contributed by atoms with Gasteiger partial charge in [-0.25, -0.2) is 8.42 Å². The number of aromatic nitrogens is 2. The van der Waals surface area contributed by atoms with Crippen molar-refractivity contribution in [3.05, 3.63) is 12.3 Å². The molecule has 0 atom stereocenters. The Labute approximate surface area is 69.9 Å². The van der Waals surface area contributed by atoms with E-state index in [9.17, 15) is 8.42 Å². The van der Waals surface area contributed by atoms with E-state index >= 15 is 0 Å². The van der Waals surface area contributed by atoms with Gasteiger partial charge in [0.15, 0.2) is 5.03 Å². The Bertz CT molecular complexity index is 318. The second kappa shape index (κ2) is 3.65. The van der Waals surface area contributed by atoms with Gasteiger partial charge in [-0.1, -0.05) is 4.89 Å². The minimum atomic E-state index is -3.57. The van der Waals surface area contributed by atoms with E-state index in [0.717, 1.165) is 0 Å². The summed E-state index contributed by atoms with van der Waals surface area (Å²) >= 11 is 0. The minimum absolute atomic E-state index is 0.0176. The summed E-state index contributed by atoms with van der Waals surface area (Å²) in [5.74, 6) is 0. The smallest absolute Gasteiger partial charge is 0.279 e. The molecule has 0 radical (unpaired) electrons. The van der Waals surface area contributed by atoms with E-state index in [-0.39, 0.29) is 11.6 Å². The number of rotatable bonds is 4. The maximum Gasteiger partial charge on any atom is 0.279 e. The molecular weight excluding hydrogens is 182 g/mol. The van der Waals surface area contributed by atoms with Crippen LogP contribution in [0.15, 0.2) is 17.3 Å². The van der Waals surface area contributed by atoms with Crippen LogP contribution < -0.4 is 4.89 Å². The van der Waals surface area contributed by atoms with Gasteiger partial charge in [-0.2, -0.15) is 5.10 Å². The molecule has 0 spiro atoms. The highest BCUT2D eigenvalue weighted by atomic mass is 32.2. The molecule has 0 fully saturated rings. The van der Waals surface area contributed by atoms with Gasteiger partial charge >= 0.3 is 0 Å². The Morgan fingerprint density at radius 3 is 3.00 bits per heavy atom. The van der Waals surface area contributed by atoms with Gasteiger partial charge in [0.1, 0.15) is 0 Å². The van der Waals surface area contributed by atoms with Gasteiger partial charge in [-0.15, -0.1) is 0 Å². The Balaban J connectivity index is 2.74. The van der Waals surface area contributed by atoms with Gasteiger partial charge in [0.25, 0.3) is 10.0 Å². The van der Waals surface area contributed by atoms with Gasteiger partial charge in [-0.3, -0.25) is 9.94 Å². The number of hydrogen-bond acceptors (Lipinski definition) is 4. The van der Waals surface area contributed by atoms with Crippen LogP contribution in [-0.2, 0) is 14.9 Å². The summed E-state index contributed by atoms with van der Waals surface area (Å²) in [4.78, 5) is 6.45. The van der Waals surface area contributed by atoms with E-state index in [1.54, 1.807) is 6.92 Å². The lowest BCUT2D eigenvalue weighted by Gasteiger charge is -2.01. The molecule has 0 aliphatic rings. The van der Waals surface area contributed by atoms with E-state index in [4.69, 9.17) is 0 Å². The van der Waals surface area contributed by atoms with Crippen molar-refractivity contribution in [2.75, 3.05) is 6.61 Å². The van der Waals surface area contributed by atoms with Crippen molar-refractivity contribution < 1.29 is 13.3 Å². The van der Waals surface area contributed by atoms with Crippen molar-refractivity contribution in [1.29, 1.82) is 0 Å². The number of aromatic amines is 1. The first-order chi connectivity index (χ1) is 5.67. The number of nitrogens with one attached hydrogen (secondary N) is 2. The SMILES string of the molecule is CCONS(=O)(=O)c1ccn[nH]1. The third-order valence-electron chi connectivity index (χ3n) is 1.08. The van der Waals surface area contributed by atoms with E-state index in [2.05, 4.69) is 15.0 Å². The summed E-state index contributed by atoms with van der Waals surface area (Å²) in [6, 6.07) is 1.33. The van der Waals surface area contributed by atoms with Crippen molar-refractivity contribution in [3.8, 4) is 0 Å². The molecule has 0 aromatic carbocycles. The molecule has 2 N–H and O–H groups in total. The van der Waals surface area contributed by atoms with E-state index in [1.165, 1.54) is 12.3 Å². The molecule has 0 saturated heterocycles. The normalized spacial score (nSPS) is 11.8. The highest BCUT2D eigenvalue weighted by Gasteiger charge is 2.14. The maximum absolute atomic E-state index is 11.1. The topological polar surface area (TPSA) is 84.1 Å². The molecular formula is C5H9N3O3S. The molecule has 7 heteroatoms. The first-order valence-electron chi connectivity index (χ1n) is 3.30. The van der Waals surface area contributed by atoms with Crippen LogP contribution in [0.4, 0.5) is 0 Å². The summed E-state index contributed by atoms with van der Waals surface area (Å²) in [5, 5.41) is 5.79. The molecule has 1 aromatic heterocycles. The van der Waals surface area contributed by atoms with Gasteiger partial charge in [0.05, 0.1) is 12.8 Å². The van der Waals surface area contributed by atoms with Crippen molar-refractivity contribution >= 4 is 10.0 Å². The zero-order valence-corrected chi connectivity index (χ0v) is 7.26. The van der Waals surface area contributed by atoms with Crippen LogP contribution in [0.3, 0.4) is 0 Å². The lowest BCUT2D eigenvalue weighted by Crippen LogP contribution is -2.24. The first kappa shape index (κ1) is 9.17. The largest absolute Gasteiger partial charge is 0.287 e. The molecule has 12 heavy (non-hydrogen) atoms. The number of H-pyrrole nitrogens is 1. The molecule has 1 rings (SSSR count). The van der Waals surface area contributed by atoms with Crippen molar-refractivity contribution in [2.24, 2.45) is 0 Å². The zero-order valence-electron chi connectivity index (χ0n) is 6.44. The lowest BCUT2D eigenvalue weighted by molar-refractivity contribution is 0.105. The van der Waals surface area contributed by atoms with Crippen molar-refractivity contribution in [3.63, 3.8) is 0 Å². The first-order valence-corrected chi connectivity index (χ1v) is 4.78. The fourth-order valence-corrected chi connectivity index (χ4v) is 1.35. The summed E-state index contributed by atoms with van der Waals surface area (Å²) < 4.78 is 22.3. The lowest BCUT2D eigenvalue weighted by atomic mass is 10.8. The molecule has 68 valence electrons. The van der Waals surface area contributed by atoms with Crippen LogP contribution in [0.2, 0.25) is 0 Å². The van der Waals surface area contributed by atoms with E-state index in [0.29, 0.717) is 0 Å². The average Bonchev–Trinajstić information content (AvgIpc) is 2.53. The van der Waals surface area contributed by atoms with Crippen LogP contribution in [0.5, 0.6) is 0 Å². The summed E-state index contributed by atoms with van der Waals surface area (Å²) in [6.45, 7) is 1.95. The standard InChI is InChI=1S/C5H9N3O3S/c1-2-11-8-12(9,10)5-3-4-6-7-5/h3-4,8H,2H2,1H3,(H,6,7). The van der Waals surface area contributed by atoms with Crippen molar-refractivity contribution in [2.45, 2.75) is 11.9 Å². The number of nitrogens with zero attached hydrogens (tertiary/aromatic N) is 1. The van der Waals surface area contributed by atoms with Gasteiger partial charge in [0.2, 0.25) is 0 Å². The quantitative estimate of drug-likeness (QED) is 0.636. The van der Waals surface area contributed by atoms with Crippen LogP contribution >= 0.6 is 0 Å². The second-order valence-corrected chi connectivity index (χ2v) is 3.55. The Kier molecular flexibility index (Phi) is 2.79. The number of hydrogen-bond donors (Lipinski definition) is 2. The van der Waals surface area contributed by atoms with Crippen LogP contribution in [0.1, 0.15) is 6.92 Å². The maximum atomic E-state index is 11.1. The Morgan fingerprint density at radius 1 is 1.75 bits per heavy atom. The van der Waals surface area contributed by atoms with E-state index in [1.807, 2.05) is 4.89 Å². The van der Waals surface area contributed by atoms with Crippen LogP contribution in [0, 0.1) is 0 Å². The van der Waals surface area contributed by atoms with Gasteiger partial charge in [-0.05, 0) is 13.0 Å². The molecule has 0 aliphatic heterocycles. The van der Waals surface area contributed by atoms with Crippen LogP contribution in [-0.4, -0.2) is 25.2 Å². The predicted octanol–water partition coefficient (Wildman–Crippen LogP) is -0.360. The average molecular weight is 191 g/mol. The predicted molar refractivity (Wildman–Crippen MR) is 40.5 cm³/mol. The third kappa shape index (κ3) is 2.03. The third-order valence-corrected chi connectivity index (χ3v) is 2.22. The number of sulfonamides is 1. The van der Waals surface area contributed by atoms with Crippen molar-refractivity contribution in [1.82, 2.24) is 15.1 Å². The molecule has 0 unspecified atom stereocenters. The monoisotopic (exact) mass is 191 g/mol. The van der Waals surface area contributed by atoms with Gasteiger partial charge in [0, 0.05) is 0 Å². The molecule has 6 nitrogen and oxygen atoms in total. The summed E-state index contributed by atoms with van der Waals surface area (Å²) in [7, 11) is -3.57. The fraction of sp³-hybridized carbons (Fsp3) is 0.400. The molecule has 0 aliphatic carbocycles. The Morgan fingerprint density at radius 2 is 2.50 bits per heavy atom. The molecule has 1 heterocycles. The Hall–Kier alpha value is -0.920. The van der Waals surface area contributed by atoms with Crippen LogP contribution in [0.25, 0.3) is 0 Å². The van der Waals surface area contributed by atoms with Gasteiger partial charge < -0.3 is 0 Å². The molecule has 0 amide bonds. The zero-order chi connectivity index (χ0) is 9.03. The molecule has 0 bridgehead atoms. The highest BCUT2D eigenvalue weighted by molar-refractivity contribution is 7.89. The molecule has 1 aromatic rings. The summed E-state index contributed by atoms with van der Waals surface area (Å²) in [6.07, 6.45) is 1.35. The van der Waals surface area contributed by atoms with E-state index < -0.39 is 10.0 Å². The second-order valence-electron chi connectivity index (χ2n) is 1.94. The molecule has 0 saturated carbocycles. The highest BCUT2D eigenvalue weighted by Crippen LogP contribution is 2.01. The summed E-state index contributed by atoms with van der Waals surface area (Å²) in [5.41, 5.74) is 0.